The van der Waals surface area contributed by atoms with E-state index in [4.69, 9.17) is 0 Å². The Bertz CT molecular complexity index is 631. The molecule has 3 rings (SSSR count). The zero-order valence-electron chi connectivity index (χ0n) is 10.7. The minimum absolute atomic E-state index is 0.0271. The van der Waals surface area contributed by atoms with Crippen LogP contribution in [0.25, 0.3) is 11.0 Å². The molecular weight excluding hydrogens is 228 g/mol. The van der Waals surface area contributed by atoms with Crippen LogP contribution in [0.3, 0.4) is 0 Å². The summed E-state index contributed by atoms with van der Waals surface area (Å²) in [5.74, 6) is 0.620. The summed E-state index contributed by atoms with van der Waals surface area (Å²) in [4.78, 5) is 7.71. The molecule has 0 saturated carbocycles. The van der Waals surface area contributed by atoms with Gasteiger partial charge < -0.3 is 10.1 Å². The summed E-state index contributed by atoms with van der Waals surface area (Å²) >= 11 is 0. The van der Waals surface area contributed by atoms with E-state index in [1.807, 2.05) is 39.0 Å². The first-order valence-electron chi connectivity index (χ1n) is 6.05. The van der Waals surface area contributed by atoms with Crippen LogP contribution in [0, 0.1) is 12.8 Å². The van der Waals surface area contributed by atoms with Crippen LogP contribution in [0.1, 0.15) is 19.4 Å². The molecule has 1 aromatic carbocycles. The predicted octanol–water partition coefficient (Wildman–Crippen LogP) is 2.02. The molecule has 94 valence electrons. The molecule has 0 bridgehead atoms. The largest absolute Gasteiger partial charge is 0.371 e. The Balaban J connectivity index is 2.08. The minimum atomic E-state index is -0.647. The van der Waals surface area contributed by atoms with E-state index >= 15 is 0 Å². The number of nitrogens with one attached hydrogen (secondary N) is 1. The highest BCUT2D eigenvalue weighted by atomic mass is 16.3. The summed E-state index contributed by atoms with van der Waals surface area (Å²) in [6.45, 7) is 5.89. The lowest BCUT2D eigenvalue weighted by Crippen LogP contribution is -2.31. The van der Waals surface area contributed by atoms with Crippen molar-refractivity contribution >= 4 is 22.7 Å². The lowest BCUT2D eigenvalue weighted by molar-refractivity contribution is 0.150. The standard InChI is InChI=1S/C13H16N4O/c1-7-5-4-6-10-11(7)15-13(14-10)17-12(18)8(2)9(3)16-17/h4-6,8,12,18H,1-3H3,(H,14,15). The van der Waals surface area contributed by atoms with Crippen molar-refractivity contribution in [2.45, 2.75) is 27.0 Å². The molecule has 0 saturated heterocycles. The Hall–Kier alpha value is -1.88. The summed E-state index contributed by atoms with van der Waals surface area (Å²) in [6.07, 6.45) is -0.647. The summed E-state index contributed by atoms with van der Waals surface area (Å²) in [5.41, 5.74) is 3.91. The van der Waals surface area contributed by atoms with Crippen molar-refractivity contribution in [3.8, 4) is 0 Å². The zero-order chi connectivity index (χ0) is 12.9. The number of rotatable bonds is 1. The van der Waals surface area contributed by atoms with Gasteiger partial charge in [-0.05, 0) is 25.5 Å². The van der Waals surface area contributed by atoms with Crippen molar-refractivity contribution in [1.82, 2.24) is 9.97 Å². The number of aryl methyl sites for hydroxylation is 1. The molecule has 1 aliphatic heterocycles. The van der Waals surface area contributed by atoms with Gasteiger partial charge in [0.15, 0.2) is 6.23 Å². The number of nitrogens with zero attached hydrogens (tertiary/aromatic N) is 3. The summed E-state index contributed by atoms with van der Waals surface area (Å²) < 4.78 is 0. The van der Waals surface area contributed by atoms with E-state index < -0.39 is 6.23 Å². The number of aromatic amines is 1. The zero-order valence-corrected chi connectivity index (χ0v) is 10.7. The van der Waals surface area contributed by atoms with Gasteiger partial charge in [0.05, 0.1) is 11.0 Å². The maximum Gasteiger partial charge on any atom is 0.227 e. The van der Waals surface area contributed by atoms with Gasteiger partial charge in [-0.2, -0.15) is 5.10 Å². The van der Waals surface area contributed by atoms with E-state index in [9.17, 15) is 5.11 Å². The van der Waals surface area contributed by atoms with Crippen molar-refractivity contribution < 1.29 is 5.11 Å². The molecule has 2 heterocycles. The number of aromatic nitrogens is 2. The fourth-order valence-corrected chi connectivity index (χ4v) is 2.19. The molecule has 2 aromatic rings. The van der Waals surface area contributed by atoms with E-state index in [1.165, 1.54) is 0 Å². The molecule has 5 nitrogen and oxygen atoms in total. The van der Waals surface area contributed by atoms with Gasteiger partial charge in [0.25, 0.3) is 0 Å². The summed E-state index contributed by atoms with van der Waals surface area (Å²) in [7, 11) is 0. The Kier molecular flexibility index (Phi) is 2.38. The highest BCUT2D eigenvalue weighted by Crippen LogP contribution is 2.27. The first-order chi connectivity index (χ1) is 8.58. The van der Waals surface area contributed by atoms with Gasteiger partial charge in [-0.15, -0.1) is 0 Å². The normalized spacial score (nSPS) is 23.8. The Morgan fingerprint density at radius 1 is 1.33 bits per heavy atom. The second-order valence-corrected chi connectivity index (χ2v) is 4.82. The van der Waals surface area contributed by atoms with E-state index in [-0.39, 0.29) is 5.92 Å². The van der Waals surface area contributed by atoms with Crippen molar-refractivity contribution in [1.29, 1.82) is 0 Å². The average Bonchev–Trinajstić information content (AvgIpc) is 2.88. The number of hydrogen-bond acceptors (Lipinski definition) is 4. The van der Waals surface area contributed by atoms with Gasteiger partial charge in [0, 0.05) is 11.6 Å². The number of hydrazone groups is 1. The summed E-state index contributed by atoms with van der Waals surface area (Å²) in [6, 6.07) is 5.98. The third-order valence-electron chi connectivity index (χ3n) is 3.54. The average molecular weight is 244 g/mol. The van der Waals surface area contributed by atoms with Gasteiger partial charge in [-0.25, -0.2) is 9.99 Å². The molecule has 1 aliphatic rings. The smallest absolute Gasteiger partial charge is 0.227 e. The van der Waals surface area contributed by atoms with Crippen LogP contribution < -0.4 is 5.01 Å². The lowest BCUT2D eigenvalue weighted by Gasteiger charge is -2.18. The Morgan fingerprint density at radius 2 is 2.11 bits per heavy atom. The molecule has 1 aromatic heterocycles. The highest BCUT2D eigenvalue weighted by Gasteiger charge is 2.32. The van der Waals surface area contributed by atoms with Crippen molar-refractivity contribution in [2.24, 2.45) is 11.0 Å². The maximum absolute atomic E-state index is 10.1. The lowest BCUT2D eigenvalue weighted by atomic mass is 10.1. The van der Waals surface area contributed by atoms with Crippen molar-refractivity contribution in [3.63, 3.8) is 0 Å². The fourth-order valence-electron chi connectivity index (χ4n) is 2.19. The molecule has 5 heteroatoms. The van der Waals surface area contributed by atoms with Crippen molar-refractivity contribution in [2.75, 3.05) is 5.01 Å². The fraction of sp³-hybridized carbons (Fsp3) is 0.385. The molecule has 0 aliphatic carbocycles. The van der Waals surface area contributed by atoms with Gasteiger partial charge in [0.1, 0.15) is 0 Å². The molecule has 0 radical (unpaired) electrons. The number of H-pyrrole nitrogens is 1. The predicted molar refractivity (Wildman–Crippen MR) is 71.6 cm³/mol. The van der Waals surface area contributed by atoms with Crippen LogP contribution in [-0.4, -0.2) is 27.0 Å². The second-order valence-electron chi connectivity index (χ2n) is 4.82. The van der Waals surface area contributed by atoms with E-state index in [1.54, 1.807) is 5.01 Å². The van der Waals surface area contributed by atoms with E-state index in [0.717, 1.165) is 22.3 Å². The molecule has 0 amide bonds. The van der Waals surface area contributed by atoms with Crippen LogP contribution in [0.2, 0.25) is 0 Å². The van der Waals surface area contributed by atoms with Crippen LogP contribution in [0.15, 0.2) is 23.3 Å². The Morgan fingerprint density at radius 3 is 2.72 bits per heavy atom. The third-order valence-corrected chi connectivity index (χ3v) is 3.54. The first kappa shape index (κ1) is 11.2. The second kappa shape index (κ2) is 3.81. The van der Waals surface area contributed by atoms with Crippen molar-refractivity contribution in [3.05, 3.63) is 23.8 Å². The molecule has 2 atom stereocenters. The molecule has 2 N–H and O–H groups in total. The molecule has 2 unspecified atom stereocenters. The topological polar surface area (TPSA) is 64.5 Å². The number of benzene rings is 1. The molecule has 0 spiro atoms. The number of aliphatic hydroxyl groups excluding tert-OH is 1. The number of hydrogen-bond donors (Lipinski definition) is 2. The summed E-state index contributed by atoms with van der Waals surface area (Å²) in [5, 5.41) is 16.0. The maximum atomic E-state index is 10.1. The van der Waals surface area contributed by atoms with E-state index in [2.05, 4.69) is 15.1 Å². The van der Waals surface area contributed by atoms with Gasteiger partial charge in [0.2, 0.25) is 5.95 Å². The van der Waals surface area contributed by atoms with Crippen LogP contribution in [0.5, 0.6) is 0 Å². The van der Waals surface area contributed by atoms with Gasteiger partial charge in [-0.3, -0.25) is 0 Å². The first-order valence-corrected chi connectivity index (χ1v) is 6.05. The number of anilines is 1. The SMILES string of the molecule is CC1=NN(c2nc3c(C)cccc3[nH]2)C(O)C1C. The van der Waals surface area contributed by atoms with Gasteiger partial charge in [-0.1, -0.05) is 19.1 Å². The van der Waals surface area contributed by atoms with Crippen LogP contribution >= 0.6 is 0 Å². The molecule has 18 heavy (non-hydrogen) atoms. The monoisotopic (exact) mass is 244 g/mol. The number of aliphatic hydroxyl groups is 1. The molecule has 0 fully saturated rings. The highest BCUT2D eigenvalue weighted by molar-refractivity contribution is 5.88. The van der Waals surface area contributed by atoms with E-state index in [0.29, 0.717) is 5.95 Å². The van der Waals surface area contributed by atoms with Crippen LogP contribution in [-0.2, 0) is 0 Å². The Labute approximate surface area is 105 Å². The third kappa shape index (κ3) is 1.51. The number of fused-ring (bicyclic) bond motifs is 1. The van der Waals surface area contributed by atoms with Gasteiger partial charge >= 0.3 is 0 Å². The number of imidazole rings is 1. The van der Waals surface area contributed by atoms with Crippen LogP contribution in [0.4, 0.5) is 5.95 Å². The quantitative estimate of drug-likeness (QED) is 0.806. The number of para-hydroxylation sites is 1. The molecular formula is C13H16N4O. The minimum Gasteiger partial charge on any atom is -0.371 e.